The van der Waals surface area contributed by atoms with E-state index >= 15 is 0 Å². The SMILES string of the molecule is C/C=C/C(NC)c1ccccc1. The lowest BCUT2D eigenvalue weighted by atomic mass is 10.1. The molecule has 0 fully saturated rings. The van der Waals surface area contributed by atoms with Crippen LogP contribution in [0.1, 0.15) is 18.5 Å². The summed E-state index contributed by atoms with van der Waals surface area (Å²) >= 11 is 0. The van der Waals surface area contributed by atoms with Gasteiger partial charge in [-0.3, -0.25) is 0 Å². The Hall–Kier alpha value is -1.08. The number of rotatable bonds is 3. The Kier molecular flexibility index (Phi) is 3.55. The summed E-state index contributed by atoms with van der Waals surface area (Å²) in [5.74, 6) is 0. The summed E-state index contributed by atoms with van der Waals surface area (Å²) in [6.07, 6.45) is 4.21. The van der Waals surface area contributed by atoms with E-state index in [2.05, 4.69) is 41.7 Å². The summed E-state index contributed by atoms with van der Waals surface area (Å²) in [5.41, 5.74) is 1.30. The maximum atomic E-state index is 3.23. The Morgan fingerprint density at radius 2 is 1.92 bits per heavy atom. The Morgan fingerprint density at radius 1 is 1.25 bits per heavy atom. The minimum absolute atomic E-state index is 0.344. The van der Waals surface area contributed by atoms with E-state index in [0.29, 0.717) is 6.04 Å². The van der Waals surface area contributed by atoms with Gasteiger partial charge >= 0.3 is 0 Å². The first-order valence-electron chi connectivity index (χ1n) is 4.23. The third kappa shape index (κ3) is 2.21. The van der Waals surface area contributed by atoms with Gasteiger partial charge < -0.3 is 5.32 Å². The van der Waals surface area contributed by atoms with E-state index in [4.69, 9.17) is 0 Å². The molecule has 0 heterocycles. The molecular formula is C11H15N. The smallest absolute Gasteiger partial charge is 0.0503 e. The second-order valence-electron chi connectivity index (χ2n) is 2.70. The Morgan fingerprint density at radius 3 is 2.42 bits per heavy atom. The highest BCUT2D eigenvalue weighted by Crippen LogP contribution is 2.12. The molecule has 1 heteroatoms. The van der Waals surface area contributed by atoms with Gasteiger partial charge in [-0.25, -0.2) is 0 Å². The van der Waals surface area contributed by atoms with Crippen molar-refractivity contribution in [2.75, 3.05) is 7.05 Å². The van der Waals surface area contributed by atoms with E-state index in [1.807, 2.05) is 20.0 Å². The summed E-state index contributed by atoms with van der Waals surface area (Å²) < 4.78 is 0. The van der Waals surface area contributed by atoms with Crippen LogP contribution in [0.15, 0.2) is 42.5 Å². The van der Waals surface area contributed by atoms with Crippen molar-refractivity contribution in [2.45, 2.75) is 13.0 Å². The largest absolute Gasteiger partial charge is 0.310 e. The van der Waals surface area contributed by atoms with Crippen LogP contribution in [0.3, 0.4) is 0 Å². The number of likely N-dealkylation sites (N-methyl/N-ethyl adjacent to an activating group) is 1. The molecule has 1 nitrogen and oxygen atoms in total. The molecule has 64 valence electrons. The fourth-order valence-electron chi connectivity index (χ4n) is 1.23. The highest BCUT2D eigenvalue weighted by molar-refractivity contribution is 5.22. The molecule has 1 aromatic rings. The molecule has 0 bridgehead atoms. The topological polar surface area (TPSA) is 12.0 Å². The average Bonchev–Trinajstić information content (AvgIpc) is 2.15. The molecule has 0 aliphatic rings. The van der Waals surface area contributed by atoms with Crippen molar-refractivity contribution in [3.8, 4) is 0 Å². The molecule has 0 aromatic heterocycles. The number of hydrogen-bond donors (Lipinski definition) is 1. The first-order chi connectivity index (χ1) is 5.88. The maximum absolute atomic E-state index is 3.23. The van der Waals surface area contributed by atoms with Crippen molar-refractivity contribution < 1.29 is 0 Å². The van der Waals surface area contributed by atoms with Crippen molar-refractivity contribution in [1.82, 2.24) is 5.32 Å². The molecule has 1 aromatic carbocycles. The third-order valence-corrected chi connectivity index (χ3v) is 1.85. The van der Waals surface area contributed by atoms with Gasteiger partial charge in [-0.15, -0.1) is 0 Å². The van der Waals surface area contributed by atoms with Crippen LogP contribution in [0.2, 0.25) is 0 Å². The molecule has 0 aliphatic heterocycles. The van der Waals surface area contributed by atoms with E-state index < -0.39 is 0 Å². The third-order valence-electron chi connectivity index (χ3n) is 1.85. The highest BCUT2D eigenvalue weighted by atomic mass is 14.9. The molecule has 12 heavy (non-hydrogen) atoms. The van der Waals surface area contributed by atoms with Crippen molar-refractivity contribution in [2.24, 2.45) is 0 Å². The monoisotopic (exact) mass is 161 g/mol. The molecule has 1 rings (SSSR count). The minimum Gasteiger partial charge on any atom is -0.310 e. The Bertz CT molecular complexity index is 238. The van der Waals surface area contributed by atoms with Crippen LogP contribution >= 0.6 is 0 Å². The van der Waals surface area contributed by atoms with Crippen LogP contribution in [-0.2, 0) is 0 Å². The van der Waals surface area contributed by atoms with Gasteiger partial charge in [-0.05, 0) is 19.5 Å². The number of nitrogens with one attached hydrogen (secondary N) is 1. The van der Waals surface area contributed by atoms with Gasteiger partial charge in [0.1, 0.15) is 0 Å². The number of hydrogen-bond acceptors (Lipinski definition) is 1. The fraction of sp³-hybridized carbons (Fsp3) is 0.273. The van der Waals surface area contributed by atoms with E-state index in [9.17, 15) is 0 Å². The molecular weight excluding hydrogens is 146 g/mol. The predicted molar refractivity (Wildman–Crippen MR) is 53.1 cm³/mol. The van der Waals surface area contributed by atoms with Crippen LogP contribution in [0.25, 0.3) is 0 Å². The summed E-state index contributed by atoms with van der Waals surface area (Å²) in [4.78, 5) is 0. The second-order valence-corrected chi connectivity index (χ2v) is 2.70. The van der Waals surface area contributed by atoms with Crippen LogP contribution in [0.5, 0.6) is 0 Å². The summed E-state index contributed by atoms with van der Waals surface area (Å²) in [6.45, 7) is 2.04. The predicted octanol–water partition coefficient (Wildman–Crippen LogP) is 2.52. The zero-order chi connectivity index (χ0) is 8.81. The average molecular weight is 161 g/mol. The number of allylic oxidation sites excluding steroid dienone is 1. The fourth-order valence-corrected chi connectivity index (χ4v) is 1.23. The minimum atomic E-state index is 0.344. The Balaban J connectivity index is 2.80. The molecule has 0 saturated carbocycles. The van der Waals surface area contributed by atoms with E-state index in [0.717, 1.165) is 0 Å². The zero-order valence-corrected chi connectivity index (χ0v) is 7.62. The van der Waals surface area contributed by atoms with Crippen LogP contribution in [0.4, 0.5) is 0 Å². The summed E-state index contributed by atoms with van der Waals surface area (Å²) in [7, 11) is 1.97. The van der Waals surface area contributed by atoms with E-state index in [1.165, 1.54) is 5.56 Å². The second kappa shape index (κ2) is 4.73. The molecule has 0 saturated heterocycles. The molecule has 1 N–H and O–H groups in total. The van der Waals surface area contributed by atoms with E-state index in [-0.39, 0.29) is 0 Å². The van der Waals surface area contributed by atoms with Crippen molar-refractivity contribution in [3.05, 3.63) is 48.0 Å². The lowest BCUT2D eigenvalue weighted by Crippen LogP contribution is -2.13. The van der Waals surface area contributed by atoms with Crippen molar-refractivity contribution in [1.29, 1.82) is 0 Å². The van der Waals surface area contributed by atoms with Gasteiger partial charge in [0.15, 0.2) is 0 Å². The molecule has 0 radical (unpaired) electrons. The van der Waals surface area contributed by atoms with Crippen LogP contribution in [-0.4, -0.2) is 7.05 Å². The van der Waals surface area contributed by atoms with Crippen molar-refractivity contribution >= 4 is 0 Å². The summed E-state index contributed by atoms with van der Waals surface area (Å²) in [5, 5.41) is 3.23. The van der Waals surface area contributed by atoms with Crippen molar-refractivity contribution in [3.63, 3.8) is 0 Å². The van der Waals surface area contributed by atoms with Gasteiger partial charge in [0, 0.05) is 0 Å². The standard InChI is InChI=1S/C11H15N/c1-3-7-11(12-2)10-8-5-4-6-9-10/h3-9,11-12H,1-2H3/b7-3+. The van der Waals surface area contributed by atoms with Gasteiger partial charge in [-0.2, -0.15) is 0 Å². The molecule has 0 spiro atoms. The zero-order valence-electron chi connectivity index (χ0n) is 7.62. The molecule has 0 aliphatic carbocycles. The maximum Gasteiger partial charge on any atom is 0.0503 e. The summed E-state index contributed by atoms with van der Waals surface area (Å²) in [6, 6.07) is 10.7. The first-order valence-corrected chi connectivity index (χ1v) is 4.23. The lowest BCUT2D eigenvalue weighted by molar-refractivity contribution is 0.714. The molecule has 0 amide bonds. The highest BCUT2D eigenvalue weighted by Gasteiger charge is 2.01. The first kappa shape index (κ1) is 9.01. The van der Waals surface area contributed by atoms with Crippen LogP contribution in [0, 0.1) is 0 Å². The van der Waals surface area contributed by atoms with Gasteiger partial charge in [0.05, 0.1) is 6.04 Å². The molecule has 1 unspecified atom stereocenters. The van der Waals surface area contributed by atoms with Crippen LogP contribution < -0.4 is 5.32 Å². The van der Waals surface area contributed by atoms with Gasteiger partial charge in [0.2, 0.25) is 0 Å². The molecule has 1 atom stereocenters. The Labute approximate surface area is 74.1 Å². The normalized spacial score (nSPS) is 13.5. The van der Waals surface area contributed by atoms with E-state index in [1.54, 1.807) is 0 Å². The van der Waals surface area contributed by atoms with Gasteiger partial charge in [0.25, 0.3) is 0 Å². The number of benzene rings is 1. The lowest BCUT2D eigenvalue weighted by Gasteiger charge is -2.10. The van der Waals surface area contributed by atoms with Gasteiger partial charge in [-0.1, -0.05) is 42.5 Å². The quantitative estimate of drug-likeness (QED) is 0.672.